The second-order valence-electron chi connectivity index (χ2n) is 2.45. The first-order valence-corrected chi connectivity index (χ1v) is 4.01. The maximum atomic E-state index is 10.8. The Hall–Kier alpha value is -1.29. The molecule has 0 aliphatic rings. The zero-order valence-electron chi connectivity index (χ0n) is 7.53. The van der Waals surface area contributed by atoms with Crippen LogP contribution in [0.15, 0.2) is 25.3 Å². The Morgan fingerprint density at radius 3 is 2.77 bits per heavy atom. The average Bonchev–Trinajstić information content (AvgIpc) is 2.12. The molecule has 0 aliphatic heterocycles. The van der Waals surface area contributed by atoms with Gasteiger partial charge in [0.25, 0.3) is 0 Å². The van der Waals surface area contributed by atoms with E-state index in [4.69, 9.17) is 5.11 Å². The molecule has 2 N–H and O–H groups in total. The highest BCUT2D eigenvalue weighted by atomic mass is 16.5. The van der Waals surface area contributed by atoms with Crippen LogP contribution in [0, 0.1) is 0 Å². The maximum Gasteiger partial charge on any atom is 0.407 e. The van der Waals surface area contributed by atoms with E-state index in [-0.39, 0.29) is 13.2 Å². The summed E-state index contributed by atoms with van der Waals surface area (Å²) in [5.74, 6) is 0. The van der Waals surface area contributed by atoms with Gasteiger partial charge in [-0.3, -0.25) is 0 Å². The third-order valence-corrected chi connectivity index (χ3v) is 1.25. The minimum atomic E-state index is -0.603. The molecule has 0 aromatic rings. The molecule has 0 bridgehead atoms. The first kappa shape index (κ1) is 11.7. The van der Waals surface area contributed by atoms with E-state index < -0.39 is 12.2 Å². The quantitative estimate of drug-likeness (QED) is 0.603. The minimum absolute atomic E-state index is 0.169. The van der Waals surface area contributed by atoms with Gasteiger partial charge < -0.3 is 15.2 Å². The smallest absolute Gasteiger partial charge is 0.407 e. The summed E-state index contributed by atoms with van der Waals surface area (Å²) in [5.41, 5.74) is 0. The van der Waals surface area contributed by atoms with Crippen molar-refractivity contribution in [1.82, 2.24) is 5.32 Å². The van der Waals surface area contributed by atoms with Gasteiger partial charge in [0.15, 0.2) is 0 Å². The standard InChI is InChI=1S/C9H15NO3/c1-3-5-8(11)7-10-9(12)13-6-4-2/h3-4,8,11H,1-2,5-7H2,(H,10,12). The van der Waals surface area contributed by atoms with Crippen LogP contribution in [0.3, 0.4) is 0 Å². The molecule has 0 radical (unpaired) electrons. The van der Waals surface area contributed by atoms with E-state index in [0.717, 1.165) is 0 Å². The molecule has 13 heavy (non-hydrogen) atoms. The van der Waals surface area contributed by atoms with Crippen molar-refractivity contribution in [2.45, 2.75) is 12.5 Å². The summed E-state index contributed by atoms with van der Waals surface area (Å²) >= 11 is 0. The van der Waals surface area contributed by atoms with Gasteiger partial charge in [-0.15, -0.1) is 6.58 Å². The molecule has 1 unspecified atom stereocenters. The van der Waals surface area contributed by atoms with Crippen molar-refractivity contribution in [3.63, 3.8) is 0 Å². The van der Waals surface area contributed by atoms with E-state index in [0.29, 0.717) is 6.42 Å². The lowest BCUT2D eigenvalue weighted by Crippen LogP contribution is -2.32. The first-order valence-electron chi connectivity index (χ1n) is 4.01. The summed E-state index contributed by atoms with van der Waals surface area (Å²) in [7, 11) is 0. The fourth-order valence-corrected chi connectivity index (χ4v) is 0.663. The molecule has 4 nitrogen and oxygen atoms in total. The fourth-order valence-electron chi connectivity index (χ4n) is 0.663. The molecule has 1 atom stereocenters. The molecule has 4 heteroatoms. The fraction of sp³-hybridized carbons (Fsp3) is 0.444. The molecule has 0 heterocycles. The van der Waals surface area contributed by atoms with Crippen LogP contribution in [-0.4, -0.2) is 30.5 Å². The van der Waals surface area contributed by atoms with Gasteiger partial charge in [0.2, 0.25) is 0 Å². The van der Waals surface area contributed by atoms with Crippen LogP contribution >= 0.6 is 0 Å². The summed E-state index contributed by atoms with van der Waals surface area (Å²) in [4.78, 5) is 10.8. The summed E-state index contributed by atoms with van der Waals surface area (Å²) in [5, 5.41) is 11.6. The number of amides is 1. The van der Waals surface area contributed by atoms with Crippen LogP contribution < -0.4 is 5.32 Å². The van der Waals surface area contributed by atoms with Gasteiger partial charge in [0.05, 0.1) is 6.10 Å². The maximum absolute atomic E-state index is 10.8. The average molecular weight is 185 g/mol. The zero-order valence-corrected chi connectivity index (χ0v) is 7.53. The molecule has 0 aromatic carbocycles. The monoisotopic (exact) mass is 185 g/mol. The van der Waals surface area contributed by atoms with Crippen LogP contribution in [0.4, 0.5) is 4.79 Å². The van der Waals surface area contributed by atoms with Crippen molar-refractivity contribution in [1.29, 1.82) is 0 Å². The van der Waals surface area contributed by atoms with Gasteiger partial charge >= 0.3 is 6.09 Å². The number of alkyl carbamates (subject to hydrolysis) is 1. The van der Waals surface area contributed by atoms with Crippen LogP contribution in [0.1, 0.15) is 6.42 Å². The highest BCUT2D eigenvalue weighted by Crippen LogP contribution is 1.89. The summed E-state index contributed by atoms with van der Waals surface area (Å²) < 4.78 is 4.61. The van der Waals surface area contributed by atoms with Crippen LogP contribution in [0.25, 0.3) is 0 Å². The molecule has 0 saturated carbocycles. The van der Waals surface area contributed by atoms with Gasteiger partial charge in [-0.25, -0.2) is 4.79 Å². The SMILES string of the molecule is C=CCOC(=O)NCC(O)CC=C. The van der Waals surface area contributed by atoms with E-state index in [1.165, 1.54) is 6.08 Å². The summed E-state index contributed by atoms with van der Waals surface area (Å²) in [6.45, 7) is 7.19. The first-order chi connectivity index (χ1) is 6.20. The van der Waals surface area contributed by atoms with Crippen molar-refractivity contribution < 1.29 is 14.6 Å². The minimum Gasteiger partial charge on any atom is -0.445 e. The number of nitrogens with one attached hydrogen (secondary N) is 1. The van der Waals surface area contributed by atoms with Crippen molar-refractivity contribution in [3.05, 3.63) is 25.3 Å². The number of ether oxygens (including phenoxy) is 1. The predicted molar refractivity (Wildman–Crippen MR) is 50.4 cm³/mol. The van der Waals surface area contributed by atoms with Crippen LogP contribution in [-0.2, 0) is 4.74 Å². The van der Waals surface area contributed by atoms with Crippen molar-refractivity contribution >= 4 is 6.09 Å². The second-order valence-corrected chi connectivity index (χ2v) is 2.45. The molecule has 0 saturated heterocycles. The number of aliphatic hydroxyl groups is 1. The lowest BCUT2D eigenvalue weighted by Gasteiger charge is -2.09. The third kappa shape index (κ3) is 7.08. The summed E-state index contributed by atoms with van der Waals surface area (Å²) in [6.07, 6.45) is 2.35. The molecular formula is C9H15NO3. The molecule has 1 amide bonds. The highest BCUT2D eigenvalue weighted by Gasteiger charge is 2.04. The number of aliphatic hydroxyl groups excluding tert-OH is 1. The van der Waals surface area contributed by atoms with E-state index >= 15 is 0 Å². The zero-order chi connectivity index (χ0) is 10.1. The van der Waals surface area contributed by atoms with E-state index in [1.54, 1.807) is 6.08 Å². The van der Waals surface area contributed by atoms with E-state index in [2.05, 4.69) is 23.2 Å². The Balaban J connectivity index is 3.44. The number of carbonyl (C=O) groups is 1. The molecule has 0 spiro atoms. The largest absolute Gasteiger partial charge is 0.445 e. The number of hydrogen-bond donors (Lipinski definition) is 2. The lowest BCUT2D eigenvalue weighted by atomic mass is 10.2. The van der Waals surface area contributed by atoms with Crippen LogP contribution in [0.2, 0.25) is 0 Å². The molecular weight excluding hydrogens is 170 g/mol. The van der Waals surface area contributed by atoms with Gasteiger partial charge in [0, 0.05) is 6.54 Å². The number of rotatable bonds is 6. The lowest BCUT2D eigenvalue weighted by molar-refractivity contribution is 0.139. The molecule has 0 rings (SSSR count). The normalized spacial score (nSPS) is 11.5. The van der Waals surface area contributed by atoms with Crippen molar-refractivity contribution in [3.8, 4) is 0 Å². The Kier molecular flexibility index (Phi) is 6.63. The Bertz CT molecular complexity index is 180. The highest BCUT2D eigenvalue weighted by molar-refractivity contribution is 5.67. The van der Waals surface area contributed by atoms with Gasteiger partial charge in [-0.1, -0.05) is 18.7 Å². The second kappa shape index (κ2) is 7.36. The van der Waals surface area contributed by atoms with Crippen LogP contribution in [0.5, 0.6) is 0 Å². The van der Waals surface area contributed by atoms with Crippen molar-refractivity contribution in [2.24, 2.45) is 0 Å². The molecule has 0 aromatic heterocycles. The topological polar surface area (TPSA) is 58.6 Å². The molecule has 0 fully saturated rings. The Labute approximate surface area is 77.9 Å². The third-order valence-electron chi connectivity index (χ3n) is 1.25. The Morgan fingerprint density at radius 1 is 1.54 bits per heavy atom. The molecule has 74 valence electrons. The number of carbonyl (C=O) groups excluding carboxylic acids is 1. The van der Waals surface area contributed by atoms with Crippen molar-refractivity contribution in [2.75, 3.05) is 13.2 Å². The van der Waals surface area contributed by atoms with Gasteiger partial charge in [-0.2, -0.15) is 0 Å². The number of hydrogen-bond acceptors (Lipinski definition) is 3. The predicted octanol–water partition coefficient (Wildman–Crippen LogP) is 0.836. The van der Waals surface area contributed by atoms with Gasteiger partial charge in [-0.05, 0) is 6.42 Å². The van der Waals surface area contributed by atoms with E-state index in [1.807, 2.05) is 0 Å². The molecule has 0 aliphatic carbocycles. The summed E-state index contributed by atoms with van der Waals surface area (Å²) in [6, 6.07) is 0. The van der Waals surface area contributed by atoms with Gasteiger partial charge in [0.1, 0.15) is 6.61 Å². The Morgan fingerprint density at radius 2 is 2.23 bits per heavy atom. The van der Waals surface area contributed by atoms with E-state index in [9.17, 15) is 4.79 Å².